The van der Waals surface area contributed by atoms with E-state index in [1.54, 1.807) is 12.1 Å². The summed E-state index contributed by atoms with van der Waals surface area (Å²) in [5.41, 5.74) is 0.733. The summed E-state index contributed by atoms with van der Waals surface area (Å²) in [6, 6.07) is 5.47. The van der Waals surface area contributed by atoms with Crippen LogP contribution in [0.25, 0.3) is 0 Å². The number of aliphatic hydroxyl groups excluding tert-OH is 1. The van der Waals surface area contributed by atoms with E-state index < -0.39 is 0 Å². The minimum atomic E-state index is -0.305. The van der Waals surface area contributed by atoms with Crippen LogP contribution < -0.4 is 5.32 Å². The fraction of sp³-hybridized carbons (Fsp3) is 0.500. The minimum Gasteiger partial charge on any atom is -0.391 e. The van der Waals surface area contributed by atoms with E-state index in [0.717, 1.165) is 31.4 Å². The smallest absolute Gasteiger partial charge is 0.0741 e. The number of anilines is 1. The van der Waals surface area contributed by atoms with Crippen LogP contribution in [0.2, 0.25) is 10.0 Å². The van der Waals surface area contributed by atoms with Crippen LogP contribution in [-0.2, 0) is 0 Å². The summed E-state index contributed by atoms with van der Waals surface area (Å²) in [5.74, 6) is 0. The average molecular weight is 260 g/mol. The van der Waals surface area contributed by atoms with Crippen LogP contribution in [-0.4, -0.2) is 17.3 Å². The number of para-hydroxylation sites is 1. The molecule has 16 heavy (non-hydrogen) atoms. The van der Waals surface area contributed by atoms with Gasteiger partial charge in [0.2, 0.25) is 0 Å². The molecule has 0 saturated heterocycles. The number of rotatable bonds is 2. The van der Waals surface area contributed by atoms with Crippen molar-refractivity contribution in [1.29, 1.82) is 0 Å². The van der Waals surface area contributed by atoms with Crippen molar-refractivity contribution < 1.29 is 5.11 Å². The molecule has 0 amide bonds. The van der Waals surface area contributed by atoms with Gasteiger partial charge in [-0.2, -0.15) is 0 Å². The van der Waals surface area contributed by atoms with Crippen LogP contribution in [0.3, 0.4) is 0 Å². The van der Waals surface area contributed by atoms with Crippen molar-refractivity contribution in [2.45, 2.75) is 37.8 Å². The Hall–Kier alpha value is -0.440. The number of nitrogens with one attached hydrogen (secondary N) is 1. The predicted octanol–water partition coefficient (Wildman–Crippen LogP) is 3.71. The lowest BCUT2D eigenvalue weighted by Gasteiger charge is -2.29. The average Bonchev–Trinajstić information content (AvgIpc) is 2.26. The molecule has 0 bridgehead atoms. The van der Waals surface area contributed by atoms with Gasteiger partial charge >= 0.3 is 0 Å². The first-order valence-electron chi connectivity index (χ1n) is 5.57. The first-order valence-corrected chi connectivity index (χ1v) is 6.32. The molecule has 2 nitrogen and oxygen atoms in total. The molecule has 2 rings (SSSR count). The molecule has 2 atom stereocenters. The fourth-order valence-corrected chi connectivity index (χ4v) is 2.61. The third-order valence-electron chi connectivity index (χ3n) is 3.02. The molecular formula is C12H15Cl2NO. The maximum atomic E-state index is 9.86. The van der Waals surface area contributed by atoms with E-state index in [1.165, 1.54) is 0 Å². The van der Waals surface area contributed by atoms with Crippen LogP contribution in [0.4, 0.5) is 5.69 Å². The number of hydrogen-bond acceptors (Lipinski definition) is 2. The van der Waals surface area contributed by atoms with Crippen LogP contribution in [0.15, 0.2) is 18.2 Å². The summed E-state index contributed by atoms with van der Waals surface area (Å²) in [6.07, 6.45) is 3.73. The van der Waals surface area contributed by atoms with E-state index in [0.29, 0.717) is 10.0 Å². The Morgan fingerprint density at radius 2 is 1.75 bits per heavy atom. The molecule has 0 unspecified atom stereocenters. The monoisotopic (exact) mass is 259 g/mol. The van der Waals surface area contributed by atoms with Crippen molar-refractivity contribution in [1.82, 2.24) is 0 Å². The van der Waals surface area contributed by atoms with E-state index in [1.807, 2.05) is 6.07 Å². The first kappa shape index (κ1) is 12.0. The van der Waals surface area contributed by atoms with Crippen molar-refractivity contribution in [3.63, 3.8) is 0 Å². The maximum Gasteiger partial charge on any atom is 0.0741 e. The van der Waals surface area contributed by atoms with Crippen molar-refractivity contribution in [2.75, 3.05) is 5.32 Å². The Morgan fingerprint density at radius 1 is 1.12 bits per heavy atom. The van der Waals surface area contributed by atoms with Crippen molar-refractivity contribution in [3.8, 4) is 0 Å². The summed E-state index contributed by atoms with van der Waals surface area (Å²) in [7, 11) is 0. The number of aliphatic hydroxyl groups is 1. The maximum absolute atomic E-state index is 9.86. The Morgan fingerprint density at radius 3 is 2.38 bits per heavy atom. The lowest BCUT2D eigenvalue weighted by Crippen LogP contribution is -2.36. The van der Waals surface area contributed by atoms with E-state index in [-0.39, 0.29) is 12.1 Å². The highest BCUT2D eigenvalue weighted by atomic mass is 35.5. The quantitative estimate of drug-likeness (QED) is 0.849. The summed E-state index contributed by atoms with van der Waals surface area (Å²) in [5, 5.41) is 14.3. The third-order valence-corrected chi connectivity index (χ3v) is 3.65. The van der Waals surface area contributed by atoms with Gasteiger partial charge in [0.05, 0.1) is 27.9 Å². The molecule has 0 spiro atoms. The van der Waals surface area contributed by atoms with Crippen LogP contribution in [0.1, 0.15) is 25.7 Å². The van der Waals surface area contributed by atoms with Gasteiger partial charge in [-0.1, -0.05) is 42.1 Å². The SMILES string of the molecule is O[C@@H]1CCCC[C@H]1Nc1c(Cl)cccc1Cl. The summed E-state index contributed by atoms with van der Waals surface area (Å²) < 4.78 is 0. The van der Waals surface area contributed by atoms with Crippen molar-refractivity contribution in [3.05, 3.63) is 28.2 Å². The highest BCUT2D eigenvalue weighted by molar-refractivity contribution is 6.39. The van der Waals surface area contributed by atoms with Gasteiger partial charge < -0.3 is 10.4 Å². The molecule has 2 N–H and O–H groups in total. The van der Waals surface area contributed by atoms with E-state index in [2.05, 4.69) is 5.32 Å². The Balaban J connectivity index is 2.13. The van der Waals surface area contributed by atoms with Crippen molar-refractivity contribution >= 4 is 28.9 Å². The molecule has 0 heterocycles. The third kappa shape index (κ3) is 2.62. The molecule has 1 fully saturated rings. The van der Waals surface area contributed by atoms with Gasteiger partial charge in [0, 0.05) is 0 Å². The second kappa shape index (κ2) is 5.26. The zero-order valence-electron chi connectivity index (χ0n) is 8.92. The molecule has 0 radical (unpaired) electrons. The van der Waals surface area contributed by atoms with E-state index in [4.69, 9.17) is 23.2 Å². The normalized spacial score (nSPS) is 25.4. The molecule has 0 aliphatic heterocycles. The molecule has 1 aliphatic carbocycles. The Kier molecular flexibility index (Phi) is 3.95. The molecule has 88 valence electrons. The summed E-state index contributed by atoms with van der Waals surface area (Å²) in [6.45, 7) is 0. The summed E-state index contributed by atoms with van der Waals surface area (Å²) in [4.78, 5) is 0. The van der Waals surface area contributed by atoms with Gasteiger partial charge in [0.25, 0.3) is 0 Å². The lowest BCUT2D eigenvalue weighted by molar-refractivity contribution is 0.116. The predicted molar refractivity (Wildman–Crippen MR) is 68.3 cm³/mol. The fourth-order valence-electron chi connectivity index (χ4n) is 2.10. The second-order valence-corrected chi connectivity index (χ2v) is 5.01. The molecule has 1 saturated carbocycles. The van der Waals surface area contributed by atoms with Crippen LogP contribution in [0, 0.1) is 0 Å². The standard InChI is InChI=1S/C12H15Cl2NO/c13-8-4-3-5-9(14)12(8)15-10-6-1-2-7-11(10)16/h3-5,10-11,15-16H,1-2,6-7H2/t10-,11-/m1/s1. The molecular weight excluding hydrogens is 245 g/mol. The number of hydrogen-bond donors (Lipinski definition) is 2. The van der Waals surface area contributed by atoms with E-state index >= 15 is 0 Å². The highest BCUT2D eigenvalue weighted by Crippen LogP contribution is 2.32. The van der Waals surface area contributed by atoms with Gasteiger partial charge in [0.1, 0.15) is 0 Å². The largest absolute Gasteiger partial charge is 0.391 e. The first-order chi connectivity index (χ1) is 7.68. The van der Waals surface area contributed by atoms with Crippen LogP contribution in [0.5, 0.6) is 0 Å². The molecule has 4 heteroatoms. The van der Waals surface area contributed by atoms with Gasteiger partial charge in [-0.05, 0) is 25.0 Å². The topological polar surface area (TPSA) is 32.3 Å². The number of halogens is 2. The Labute approximate surface area is 106 Å². The summed E-state index contributed by atoms with van der Waals surface area (Å²) >= 11 is 12.1. The molecule has 1 aromatic carbocycles. The second-order valence-electron chi connectivity index (χ2n) is 4.20. The Bertz CT molecular complexity index is 350. The number of benzene rings is 1. The minimum absolute atomic E-state index is 0.0612. The van der Waals surface area contributed by atoms with Gasteiger partial charge in [-0.3, -0.25) is 0 Å². The molecule has 1 aliphatic rings. The molecule has 0 aromatic heterocycles. The zero-order valence-corrected chi connectivity index (χ0v) is 10.4. The molecule has 1 aromatic rings. The van der Waals surface area contributed by atoms with Gasteiger partial charge in [-0.15, -0.1) is 0 Å². The van der Waals surface area contributed by atoms with Crippen LogP contribution >= 0.6 is 23.2 Å². The van der Waals surface area contributed by atoms with Crippen molar-refractivity contribution in [2.24, 2.45) is 0 Å². The highest BCUT2D eigenvalue weighted by Gasteiger charge is 2.23. The van der Waals surface area contributed by atoms with Gasteiger partial charge in [-0.25, -0.2) is 0 Å². The van der Waals surface area contributed by atoms with Gasteiger partial charge in [0.15, 0.2) is 0 Å². The van der Waals surface area contributed by atoms with E-state index in [9.17, 15) is 5.11 Å². The zero-order chi connectivity index (χ0) is 11.5. The lowest BCUT2D eigenvalue weighted by atomic mass is 9.92.